The summed E-state index contributed by atoms with van der Waals surface area (Å²) in [7, 11) is 0. The van der Waals surface area contributed by atoms with E-state index in [1.54, 1.807) is 24.3 Å². The molecule has 1 amide bonds. The number of nitrogens with one attached hydrogen (secondary N) is 1. The highest BCUT2D eigenvalue weighted by Gasteiger charge is 2.15. The van der Waals surface area contributed by atoms with Gasteiger partial charge in [0.1, 0.15) is 6.61 Å². The van der Waals surface area contributed by atoms with Gasteiger partial charge in [-0.05, 0) is 42.3 Å². The van der Waals surface area contributed by atoms with Gasteiger partial charge in [0.2, 0.25) is 0 Å². The van der Waals surface area contributed by atoms with Crippen LogP contribution in [0.5, 0.6) is 11.5 Å². The van der Waals surface area contributed by atoms with Gasteiger partial charge in [-0.3, -0.25) is 19.8 Å². The van der Waals surface area contributed by atoms with Gasteiger partial charge in [-0.25, -0.2) is 5.43 Å². The molecule has 1 N–H and O–H groups in total. The van der Waals surface area contributed by atoms with Crippen molar-refractivity contribution in [1.82, 2.24) is 10.3 Å². The van der Waals surface area contributed by atoms with E-state index in [0.717, 1.165) is 5.56 Å². The Hall–Kier alpha value is -3.21. The topological polar surface area (TPSA) is 116 Å². The van der Waals surface area contributed by atoms with Crippen molar-refractivity contribution in [1.29, 1.82) is 0 Å². The standard InChI is InChI=1S/C22H25ClN4O6/c1-2-32-20-12-17(13-24-25-21(28)14-26-7-9-31-10-8-26)11-19(23)22(20)33-15-16-3-5-18(6-4-16)27(29)30/h3-6,11-13H,2,7-10,14-15H2,1H3,(H,25,28)/b24-13-. The molecular weight excluding hydrogens is 452 g/mol. The van der Waals surface area contributed by atoms with Gasteiger partial charge in [-0.15, -0.1) is 0 Å². The van der Waals surface area contributed by atoms with E-state index in [2.05, 4.69) is 10.5 Å². The summed E-state index contributed by atoms with van der Waals surface area (Å²) in [4.78, 5) is 24.4. The number of halogens is 1. The second-order valence-electron chi connectivity index (χ2n) is 7.16. The molecule has 0 bridgehead atoms. The molecule has 2 aromatic rings. The van der Waals surface area contributed by atoms with Gasteiger partial charge in [0.25, 0.3) is 11.6 Å². The van der Waals surface area contributed by atoms with Crippen LogP contribution >= 0.6 is 11.6 Å². The molecule has 10 nitrogen and oxygen atoms in total. The molecule has 0 aromatic heterocycles. The van der Waals surface area contributed by atoms with E-state index < -0.39 is 4.92 Å². The van der Waals surface area contributed by atoms with E-state index in [4.69, 9.17) is 25.8 Å². The molecule has 0 saturated carbocycles. The van der Waals surface area contributed by atoms with Crippen molar-refractivity contribution in [2.75, 3.05) is 39.5 Å². The third kappa shape index (κ3) is 7.41. The second-order valence-corrected chi connectivity index (χ2v) is 7.56. The van der Waals surface area contributed by atoms with E-state index in [-0.39, 0.29) is 24.7 Å². The number of hydrogen-bond acceptors (Lipinski definition) is 8. The minimum Gasteiger partial charge on any atom is -0.490 e. The number of morpholine rings is 1. The number of nitrogens with zero attached hydrogens (tertiary/aromatic N) is 3. The molecule has 1 heterocycles. The third-order valence-electron chi connectivity index (χ3n) is 4.74. The maximum Gasteiger partial charge on any atom is 0.269 e. The van der Waals surface area contributed by atoms with Gasteiger partial charge in [0.15, 0.2) is 11.5 Å². The molecule has 1 saturated heterocycles. The van der Waals surface area contributed by atoms with Gasteiger partial charge in [-0.2, -0.15) is 5.10 Å². The Kier molecular flexibility index (Phi) is 8.99. The highest BCUT2D eigenvalue weighted by Crippen LogP contribution is 2.37. The Balaban J connectivity index is 1.62. The fraction of sp³-hybridized carbons (Fsp3) is 0.364. The summed E-state index contributed by atoms with van der Waals surface area (Å²) < 4.78 is 16.8. The van der Waals surface area contributed by atoms with Crippen LogP contribution in [0.25, 0.3) is 0 Å². The third-order valence-corrected chi connectivity index (χ3v) is 5.02. The van der Waals surface area contributed by atoms with Crippen molar-refractivity contribution in [3.8, 4) is 11.5 Å². The predicted octanol–water partition coefficient (Wildman–Crippen LogP) is 3.01. The van der Waals surface area contributed by atoms with E-state index in [1.807, 2.05) is 11.8 Å². The summed E-state index contributed by atoms with van der Waals surface area (Å²) in [5.74, 6) is 0.561. The molecule has 2 aromatic carbocycles. The Bertz CT molecular complexity index is 993. The van der Waals surface area contributed by atoms with Crippen molar-refractivity contribution in [2.45, 2.75) is 13.5 Å². The smallest absolute Gasteiger partial charge is 0.269 e. The van der Waals surface area contributed by atoms with E-state index in [0.29, 0.717) is 55.0 Å². The normalized spacial score (nSPS) is 14.2. The van der Waals surface area contributed by atoms with Gasteiger partial charge < -0.3 is 14.2 Å². The summed E-state index contributed by atoms with van der Waals surface area (Å²) in [6.45, 7) is 5.30. The van der Waals surface area contributed by atoms with Gasteiger partial charge in [0, 0.05) is 25.2 Å². The van der Waals surface area contributed by atoms with Crippen LogP contribution in [0.15, 0.2) is 41.5 Å². The Morgan fingerprint density at radius 3 is 2.67 bits per heavy atom. The van der Waals surface area contributed by atoms with Crippen LogP contribution in [0.2, 0.25) is 5.02 Å². The first-order chi connectivity index (χ1) is 16.0. The monoisotopic (exact) mass is 476 g/mol. The lowest BCUT2D eigenvalue weighted by molar-refractivity contribution is -0.384. The van der Waals surface area contributed by atoms with Crippen LogP contribution in [-0.2, 0) is 16.1 Å². The Morgan fingerprint density at radius 2 is 2.00 bits per heavy atom. The maximum absolute atomic E-state index is 12.1. The SMILES string of the molecule is CCOc1cc(/C=N\NC(=O)CN2CCOCC2)cc(Cl)c1OCc1ccc([N+](=O)[O-])cc1. The zero-order chi connectivity index (χ0) is 23.6. The zero-order valence-electron chi connectivity index (χ0n) is 18.2. The van der Waals surface area contributed by atoms with Crippen LogP contribution in [0.3, 0.4) is 0 Å². The molecule has 0 atom stereocenters. The van der Waals surface area contributed by atoms with Crippen LogP contribution in [0.4, 0.5) is 5.69 Å². The van der Waals surface area contributed by atoms with Crippen LogP contribution < -0.4 is 14.9 Å². The van der Waals surface area contributed by atoms with Crippen LogP contribution in [0, 0.1) is 10.1 Å². The highest BCUT2D eigenvalue weighted by atomic mass is 35.5. The molecule has 0 radical (unpaired) electrons. The molecule has 1 fully saturated rings. The molecule has 0 aliphatic carbocycles. The van der Waals surface area contributed by atoms with E-state index in [9.17, 15) is 14.9 Å². The van der Waals surface area contributed by atoms with Gasteiger partial charge >= 0.3 is 0 Å². The summed E-state index contributed by atoms with van der Waals surface area (Å²) in [5.41, 5.74) is 3.88. The average molecular weight is 477 g/mol. The first-order valence-electron chi connectivity index (χ1n) is 10.4. The number of carbonyl (C=O) groups excluding carboxylic acids is 1. The molecule has 1 aliphatic heterocycles. The minimum absolute atomic E-state index is 0.00691. The summed E-state index contributed by atoms with van der Waals surface area (Å²) >= 11 is 6.41. The minimum atomic E-state index is -0.458. The number of ether oxygens (including phenoxy) is 3. The molecule has 3 rings (SSSR count). The summed E-state index contributed by atoms with van der Waals surface area (Å²) in [6, 6.07) is 9.42. The zero-order valence-corrected chi connectivity index (χ0v) is 18.9. The molecule has 11 heteroatoms. The van der Waals surface area contributed by atoms with Crippen molar-refractivity contribution >= 4 is 29.4 Å². The maximum atomic E-state index is 12.1. The molecule has 0 unspecified atom stereocenters. The number of benzene rings is 2. The van der Waals surface area contributed by atoms with E-state index >= 15 is 0 Å². The lowest BCUT2D eigenvalue weighted by Crippen LogP contribution is -2.42. The predicted molar refractivity (Wildman–Crippen MR) is 123 cm³/mol. The van der Waals surface area contributed by atoms with Crippen molar-refractivity contribution < 1.29 is 23.9 Å². The molecule has 33 heavy (non-hydrogen) atoms. The number of non-ortho nitro benzene ring substituents is 1. The average Bonchev–Trinajstić information content (AvgIpc) is 2.79. The largest absolute Gasteiger partial charge is 0.490 e. The first-order valence-corrected chi connectivity index (χ1v) is 10.8. The van der Waals surface area contributed by atoms with Crippen molar-refractivity contribution in [2.24, 2.45) is 5.10 Å². The number of amides is 1. The number of rotatable bonds is 10. The number of nitro benzene ring substituents is 1. The lowest BCUT2D eigenvalue weighted by atomic mass is 10.2. The molecule has 0 spiro atoms. The van der Waals surface area contributed by atoms with Gasteiger partial charge in [-0.1, -0.05) is 11.6 Å². The van der Waals surface area contributed by atoms with Crippen LogP contribution in [0.1, 0.15) is 18.1 Å². The number of nitro groups is 1. The Labute approximate surface area is 196 Å². The Morgan fingerprint density at radius 1 is 1.27 bits per heavy atom. The second kappa shape index (κ2) is 12.1. The van der Waals surface area contributed by atoms with Crippen molar-refractivity contribution in [3.05, 3.63) is 62.7 Å². The number of hydrogen-bond donors (Lipinski definition) is 1. The number of hydrazone groups is 1. The summed E-state index contributed by atoms with van der Waals surface area (Å²) in [6.07, 6.45) is 1.48. The molecular formula is C22H25ClN4O6. The lowest BCUT2D eigenvalue weighted by Gasteiger charge is -2.25. The van der Waals surface area contributed by atoms with E-state index in [1.165, 1.54) is 18.3 Å². The quantitative estimate of drug-likeness (QED) is 0.318. The van der Waals surface area contributed by atoms with Crippen molar-refractivity contribution in [3.63, 3.8) is 0 Å². The fourth-order valence-electron chi connectivity index (χ4n) is 3.11. The summed E-state index contributed by atoms with van der Waals surface area (Å²) in [5, 5.41) is 15.1. The molecule has 176 valence electrons. The fourth-order valence-corrected chi connectivity index (χ4v) is 3.39. The first kappa shape index (κ1) is 24.4. The van der Waals surface area contributed by atoms with Gasteiger partial charge in [0.05, 0.1) is 42.5 Å². The van der Waals surface area contributed by atoms with Crippen LogP contribution in [-0.4, -0.2) is 61.4 Å². The highest BCUT2D eigenvalue weighted by molar-refractivity contribution is 6.32. The number of carbonyl (C=O) groups is 1. The molecule has 1 aliphatic rings.